The number of carbonyl (C=O) groups is 2. The Hall–Kier alpha value is -2.71. The molecule has 0 bridgehead atoms. The zero-order chi connectivity index (χ0) is 23.1. The van der Waals surface area contributed by atoms with Gasteiger partial charge in [0.25, 0.3) is 0 Å². The summed E-state index contributed by atoms with van der Waals surface area (Å²) in [5.41, 5.74) is 1.84. The van der Waals surface area contributed by atoms with Crippen LogP contribution in [-0.2, 0) is 19.6 Å². The lowest BCUT2D eigenvalue weighted by molar-refractivity contribution is -0.116. The van der Waals surface area contributed by atoms with E-state index in [4.69, 9.17) is 4.74 Å². The van der Waals surface area contributed by atoms with E-state index in [0.717, 1.165) is 37.7 Å². The fourth-order valence-corrected chi connectivity index (χ4v) is 5.51. The molecule has 0 aliphatic heterocycles. The number of benzene rings is 2. The molecule has 8 heteroatoms. The van der Waals surface area contributed by atoms with Crippen LogP contribution >= 0.6 is 0 Å². The smallest absolute Gasteiger partial charge is 0.338 e. The average Bonchev–Trinajstić information content (AvgIpc) is 2.79. The number of carbonyl (C=O) groups excluding carboxylic acids is 2. The van der Waals surface area contributed by atoms with E-state index in [9.17, 15) is 18.0 Å². The highest BCUT2D eigenvalue weighted by atomic mass is 32.2. The molecule has 0 radical (unpaired) electrons. The summed E-state index contributed by atoms with van der Waals surface area (Å²) >= 11 is 0. The summed E-state index contributed by atoms with van der Waals surface area (Å²) < 4.78 is 33.1. The maximum absolute atomic E-state index is 13.4. The van der Waals surface area contributed by atoms with E-state index in [-0.39, 0.29) is 24.1 Å². The number of esters is 1. The van der Waals surface area contributed by atoms with Gasteiger partial charge in [-0.2, -0.15) is 4.31 Å². The summed E-state index contributed by atoms with van der Waals surface area (Å²) in [6.45, 7) is 3.65. The maximum atomic E-state index is 13.4. The molecule has 0 aromatic heterocycles. The molecule has 0 unspecified atom stereocenters. The molecule has 1 saturated carbocycles. The van der Waals surface area contributed by atoms with Gasteiger partial charge in [0, 0.05) is 11.7 Å². The van der Waals surface area contributed by atoms with E-state index >= 15 is 0 Å². The second kappa shape index (κ2) is 10.7. The molecule has 1 fully saturated rings. The molecule has 172 valence electrons. The summed E-state index contributed by atoms with van der Waals surface area (Å²) in [6, 6.07) is 12.8. The topological polar surface area (TPSA) is 92.8 Å². The van der Waals surface area contributed by atoms with E-state index in [2.05, 4.69) is 5.32 Å². The summed E-state index contributed by atoms with van der Waals surface area (Å²) in [4.78, 5) is 24.8. The first-order valence-electron chi connectivity index (χ1n) is 11.0. The number of hydrogen-bond donors (Lipinski definition) is 1. The van der Waals surface area contributed by atoms with Gasteiger partial charge in [-0.1, -0.05) is 37.0 Å². The number of anilines is 1. The van der Waals surface area contributed by atoms with Crippen LogP contribution in [0.1, 0.15) is 54.9 Å². The van der Waals surface area contributed by atoms with E-state index in [0.29, 0.717) is 11.3 Å². The second-order valence-electron chi connectivity index (χ2n) is 8.00. The van der Waals surface area contributed by atoms with Crippen LogP contribution < -0.4 is 5.32 Å². The Morgan fingerprint density at radius 3 is 2.22 bits per heavy atom. The molecule has 0 saturated heterocycles. The van der Waals surface area contributed by atoms with E-state index in [1.807, 2.05) is 6.92 Å². The highest BCUT2D eigenvalue weighted by Crippen LogP contribution is 2.28. The van der Waals surface area contributed by atoms with Crippen LogP contribution in [0.15, 0.2) is 53.4 Å². The third-order valence-electron chi connectivity index (χ3n) is 5.59. The number of rotatable bonds is 8. The maximum Gasteiger partial charge on any atom is 0.338 e. The molecule has 2 aromatic carbocycles. The van der Waals surface area contributed by atoms with E-state index in [1.54, 1.807) is 55.5 Å². The molecule has 1 N–H and O–H groups in total. The summed E-state index contributed by atoms with van der Waals surface area (Å²) in [6.07, 6.45) is 4.45. The van der Waals surface area contributed by atoms with Crippen molar-refractivity contribution < 1.29 is 22.7 Å². The van der Waals surface area contributed by atoms with Gasteiger partial charge in [0.05, 0.1) is 23.6 Å². The van der Waals surface area contributed by atoms with Crippen molar-refractivity contribution in [2.75, 3.05) is 18.5 Å². The van der Waals surface area contributed by atoms with Crippen molar-refractivity contribution in [2.24, 2.45) is 0 Å². The van der Waals surface area contributed by atoms with Crippen LogP contribution in [0.25, 0.3) is 0 Å². The normalized spacial score (nSPS) is 14.8. The first-order valence-corrected chi connectivity index (χ1v) is 12.4. The number of nitrogens with one attached hydrogen (secondary N) is 1. The van der Waals surface area contributed by atoms with Gasteiger partial charge in [0.2, 0.25) is 15.9 Å². The van der Waals surface area contributed by atoms with Crippen molar-refractivity contribution in [1.29, 1.82) is 0 Å². The van der Waals surface area contributed by atoms with Crippen molar-refractivity contribution in [3.05, 3.63) is 59.7 Å². The predicted molar refractivity (Wildman–Crippen MR) is 123 cm³/mol. The zero-order valence-electron chi connectivity index (χ0n) is 18.5. The fraction of sp³-hybridized carbons (Fsp3) is 0.417. The van der Waals surface area contributed by atoms with E-state index in [1.165, 1.54) is 4.31 Å². The number of ether oxygens (including phenoxy) is 1. The molecular formula is C24H30N2O5S. The van der Waals surface area contributed by atoms with Gasteiger partial charge in [-0.25, -0.2) is 13.2 Å². The van der Waals surface area contributed by atoms with Gasteiger partial charge in [-0.15, -0.1) is 0 Å². The number of nitrogens with zero attached hydrogens (tertiary/aromatic N) is 1. The first kappa shape index (κ1) is 23.9. The molecule has 32 heavy (non-hydrogen) atoms. The van der Waals surface area contributed by atoms with Crippen LogP contribution in [0.5, 0.6) is 0 Å². The quantitative estimate of drug-likeness (QED) is 0.601. The summed E-state index contributed by atoms with van der Waals surface area (Å²) in [5.74, 6) is -0.854. The Morgan fingerprint density at radius 2 is 1.62 bits per heavy atom. The minimum atomic E-state index is -3.82. The molecule has 1 amide bonds. The van der Waals surface area contributed by atoms with Gasteiger partial charge in [0.1, 0.15) is 0 Å². The Morgan fingerprint density at radius 1 is 1.00 bits per heavy atom. The predicted octanol–water partition coefficient (Wildman–Crippen LogP) is 4.13. The minimum Gasteiger partial charge on any atom is -0.462 e. The van der Waals surface area contributed by atoms with Crippen LogP contribution in [-0.4, -0.2) is 43.8 Å². The highest BCUT2D eigenvalue weighted by molar-refractivity contribution is 7.89. The Labute approximate surface area is 189 Å². The zero-order valence-corrected chi connectivity index (χ0v) is 19.4. The Kier molecular flexibility index (Phi) is 8.04. The third kappa shape index (κ3) is 5.95. The number of sulfonamides is 1. The SMILES string of the molecule is CCOC(=O)c1ccc(NC(=O)CN(C2CCCCC2)S(=O)(=O)c2ccc(C)cc2)cc1. The van der Waals surface area contributed by atoms with Gasteiger partial charge in [0.15, 0.2) is 0 Å². The van der Waals surface area contributed by atoms with Crippen molar-refractivity contribution in [3.63, 3.8) is 0 Å². The van der Waals surface area contributed by atoms with E-state index < -0.39 is 21.9 Å². The molecule has 0 heterocycles. The van der Waals surface area contributed by atoms with Gasteiger partial charge < -0.3 is 10.1 Å². The number of amides is 1. The summed E-state index contributed by atoms with van der Waals surface area (Å²) in [5, 5.41) is 2.75. The molecule has 2 aromatic rings. The van der Waals surface area contributed by atoms with Crippen LogP contribution in [0.2, 0.25) is 0 Å². The largest absolute Gasteiger partial charge is 0.462 e. The van der Waals surface area contributed by atoms with Crippen molar-refractivity contribution in [1.82, 2.24) is 4.31 Å². The minimum absolute atomic E-state index is 0.195. The molecule has 0 spiro atoms. The summed E-state index contributed by atoms with van der Waals surface area (Å²) in [7, 11) is -3.82. The number of aryl methyl sites for hydroxylation is 1. The first-order chi connectivity index (χ1) is 15.3. The highest BCUT2D eigenvalue weighted by Gasteiger charge is 2.34. The molecule has 1 aliphatic rings. The lowest BCUT2D eigenvalue weighted by Gasteiger charge is -2.33. The second-order valence-corrected chi connectivity index (χ2v) is 9.89. The molecule has 1 aliphatic carbocycles. The Balaban J connectivity index is 1.76. The van der Waals surface area contributed by atoms with Gasteiger partial charge >= 0.3 is 5.97 Å². The lowest BCUT2D eigenvalue weighted by Crippen LogP contribution is -2.45. The lowest BCUT2D eigenvalue weighted by atomic mass is 9.95. The molecule has 7 nitrogen and oxygen atoms in total. The van der Waals surface area contributed by atoms with Gasteiger partial charge in [-0.05, 0) is 63.1 Å². The van der Waals surface area contributed by atoms with Crippen molar-refractivity contribution in [3.8, 4) is 0 Å². The monoisotopic (exact) mass is 458 g/mol. The van der Waals surface area contributed by atoms with Gasteiger partial charge in [-0.3, -0.25) is 4.79 Å². The fourth-order valence-electron chi connectivity index (χ4n) is 3.87. The average molecular weight is 459 g/mol. The van der Waals surface area contributed by atoms with Crippen LogP contribution in [0.3, 0.4) is 0 Å². The van der Waals surface area contributed by atoms with Crippen molar-refractivity contribution in [2.45, 2.75) is 56.9 Å². The third-order valence-corrected chi connectivity index (χ3v) is 7.50. The van der Waals surface area contributed by atoms with Crippen molar-refractivity contribution >= 4 is 27.6 Å². The van der Waals surface area contributed by atoms with Crippen LogP contribution in [0.4, 0.5) is 5.69 Å². The Bertz CT molecular complexity index is 1030. The molecule has 0 atom stereocenters. The molecule has 3 rings (SSSR count). The molecular weight excluding hydrogens is 428 g/mol. The van der Waals surface area contributed by atoms with Crippen LogP contribution in [0, 0.1) is 6.92 Å². The standard InChI is InChI=1S/C24H30N2O5S/c1-3-31-24(28)19-11-13-20(14-12-19)25-23(27)17-26(21-7-5-4-6-8-21)32(29,30)22-15-9-18(2)10-16-22/h9-16,21H,3-8,17H2,1-2H3,(H,25,27). The number of hydrogen-bond acceptors (Lipinski definition) is 5.